The van der Waals surface area contributed by atoms with Crippen molar-refractivity contribution in [1.82, 2.24) is 5.32 Å². The predicted octanol–water partition coefficient (Wildman–Crippen LogP) is 3.26. The van der Waals surface area contributed by atoms with Crippen molar-refractivity contribution in [3.63, 3.8) is 0 Å². The van der Waals surface area contributed by atoms with Gasteiger partial charge in [-0.25, -0.2) is 0 Å². The van der Waals surface area contributed by atoms with Gasteiger partial charge in [0.15, 0.2) is 0 Å². The molecule has 1 unspecified atom stereocenters. The maximum Gasteiger partial charge on any atom is 0.0578 e. The number of rotatable bonds is 4. The van der Waals surface area contributed by atoms with Gasteiger partial charge in [-0.1, -0.05) is 43.5 Å². The normalized spacial score (nSPS) is 12.5. The van der Waals surface area contributed by atoms with Gasteiger partial charge in [-0.15, -0.1) is 6.42 Å². The van der Waals surface area contributed by atoms with Gasteiger partial charge in [0.2, 0.25) is 0 Å². The summed E-state index contributed by atoms with van der Waals surface area (Å²) in [7, 11) is 0. The lowest BCUT2D eigenvalue weighted by atomic mass is 9.96. The van der Waals surface area contributed by atoms with E-state index in [4.69, 9.17) is 18.0 Å². The molecule has 1 aromatic carbocycles. The monoisotopic (exact) mass is 221 g/mol. The molecule has 0 saturated carbocycles. The lowest BCUT2D eigenvalue weighted by molar-refractivity contribution is 0.431. The second kappa shape index (κ2) is 5.80. The van der Waals surface area contributed by atoms with Crippen LogP contribution in [-0.2, 0) is 0 Å². The van der Waals surface area contributed by atoms with E-state index in [-0.39, 0.29) is 0 Å². The first-order chi connectivity index (χ1) is 7.15. The number of benzene rings is 1. The van der Waals surface area contributed by atoms with Gasteiger partial charge in [-0.3, -0.25) is 5.32 Å². The zero-order valence-corrected chi connectivity index (χ0v) is 9.88. The first kappa shape index (κ1) is 12.1. The fraction of sp³-hybridized carbons (Fsp3) is 0.385. The average molecular weight is 222 g/mol. The summed E-state index contributed by atoms with van der Waals surface area (Å²) in [5.74, 6) is 3.10. The topological polar surface area (TPSA) is 12.0 Å². The molecule has 1 atom stereocenters. The molecule has 0 amide bonds. The Bertz CT molecular complexity index is 335. The Morgan fingerprint density at radius 1 is 1.33 bits per heavy atom. The van der Waals surface area contributed by atoms with Crippen LogP contribution in [0.4, 0.5) is 0 Å². The van der Waals surface area contributed by atoms with Gasteiger partial charge in [-0.2, -0.15) is 0 Å². The van der Waals surface area contributed by atoms with Gasteiger partial charge < -0.3 is 0 Å². The van der Waals surface area contributed by atoms with E-state index in [1.165, 1.54) is 5.56 Å². The summed E-state index contributed by atoms with van der Waals surface area (Å²) in [6.07, 6.45) is 5.25. The minimum Gasteiger partial charge on any atom is -0.299 e. The molecule has 0 fully saturated rings. The third-order valence-corrected chi connectivity index (χ3v) is 2.57. The molecule has 0 radical (unpaired) electrons. The third-order valence-electron chi connectivity index (χ3n) is 2.32. The Kier molecular flexibility index (Phi) is 4.68. The van der Waals surface area contributed by atoms with Crippen LogP contribution in [0.25, 0.3) is 0 Å². The van der Waals surface area contributed by atoms with Gasteiger partial charge in [0.1, 0.15) is 0 Å². The fourth-order valence-electron chi connectivity index (χ4n) is 1.58. The highest BCUT2D eigenvalue weighted by Crippen LogP contribution is 2.22. The minimum atomic E-state index is 0.290. The number of nitrogens with one attached hydrogen (secondary N) is 1. The summed E-state index contributed by atoms with van der Waals surface area (Å²) in [6, 6.07) is 8.18. The Hall–Kier alpha value is -0.970. The zero-order valence-electron chi connectivity index (χ0n) is 9.13. The molecular weight excluding hydrogens is 206 g/mol. The minimum absolute atomic E-state index is 0.290. The average Bonchev–Trinajstić information content (AvgIpc) is 2.21. The van der Waals surface area contributed by atoms with Crippen LogP contribution in [0.15, 0.2) is 24.3 Å². The van der Waals surface area contributed by atoms with Crippen molar-refractivity contribution >= 4 is 11.6 Å². The highest BCUT2D eigenvalue weighted by Gasteiger charge is 2.13. The number of hydrogen-bond donors (Lipinski definition) is 1. The Labute approximate surface area is 96.8 Å². The molecule has 0 heterocycles. The molecule has 0 bridgehead atoms. The maximum absolute atomic E-state index is 5.85. The lowest BCUT2D eigenvalue weighted by Gasteiger charge is -2.21. The molecule has 15 heavy (non-hydrogen) atoms. The van der Waals surface area contributed by atoms with Gasteiger partial charge in [0, 0.05) is 11.1 Å². The highest BCUT2D eigenvalue weighted by atomic mass is 35.5. The van der Waals surface area contributed by atoms with Crippen LogP contribution in [0, 0.1) is 18.3 Å². The van der Waals surface area contributed by atoms with Crippen LogP contribution >= 0.6 is 11.6 Å². The molecule has 1 rings (SSSR count). The molecular formula is C13H16ClN. The molecule has 1 N–H and O–H groups in total. The van der Waals surface area contributed by atoms with Crippen molar-refractivity contribution < 1.29 is 0 Å². The van der Waals surface area contributed by atoms with Gasteiger partial charge in [0.25, 0.3) is 0 Å². The van der Waals surface area contributed by atoms with Gasteiger partial charge in [-0.05, 0) is 23.6 Å². The maximum atomic E-state index is 5.85. The summed E-state index contributed by atoms with van der Waals surface area (Å²) in [5.41, 5.74) is 1.23. The smallest absolute Gasteiger partial charge is 0.0578 e. The van der Waals surface area contributed by atoms with E-state index in [2.05, 4.69) is 25.1 Å². The van der Waals surface area contributed by atoms with Crippen molar-refractivity contribution in [3.05, 3.63) is 34.9 Å². The van der Waals surface area contributed by atoms with Crippen molar-refractivity contribution in [1.29, 1.82) is 0 Å². The Morgan fingerprint density at radius 2 is 1.93 bits per heavy atom. The summed E-state index contributed by atoms with van der Waals surface area (Å²) >= 11 is 5.85. The first-order valence-electron chi connectivity index (χ1n) is 5.07. The van der Waals surface area contributed by atoms with Crippen LogP contribution < -0.4 is 5.32 Å². The molecule has 0 saturated heterocycles. The molecule has 80 valence electrons. The summed E-state index contributed by atoms with van der Waals surface area (Å²) in [5, 5.41) is 4.09. The molecule has 2 heteroatoms. The van der Waals surface area contributed by atoms with E-state index >= 15 is 0 Å². The van der Waals surface area contributed by atoms with Crippen molar-refractivity contribution in [2.75, 3.05) is 6.54 Å². The molecule has 0 aliphatic rings. The molecule has 0 aromatic heterocycles. The Morgan fingerprint density at radius 3 is 2.40 bits per heavy atom. The van der Waals surface area contributed by atoms with Crippen LogP contribution in [0.1, 0.15) is 25.5 Å². The lowest BCUT2D eigenvalue weighted by Crippen LogP contribution is -2.25. The van der Waals surface area contributed by atoms with Crippen molar-refractivity contribution in [2.45, 2.75) is 19.9 Å². The second-order valence-electron chi connectivity index (χ2n) is 3.86. The van der Waals surface area contributed by atoms with E-state index in [9.17, 15) is 0 Å². The number of hydrogen-bond acceptors (Lipinski definition) is 1. The van der Waals surface area contributed by atoms with E-state index in [0.29, 0.717) is 18.5 Å². The third kappa shape index (κ3) is 3.58. The molecule has 1 nitrogen and oxygen atoms in total. The van der Waals surface area contributed by atoms with Crippen LogP contribution in [0.2, 0.25) is 5.02 Å². The second-order valence-corrected chi connectivity index (χ2v) is 4.29. The zero-order chi connectivity index (χ0) is 11.3. The quantitative estimate of drug-likeness (QED) is 0.770. The van der Waals surface area contributed by atoms with Gasteiger partial charge >= 0.3 is 0 Å². The molecule has 1 aromatic rings. The summed E-state index contributed by atoms with van der Waals surface area (Å²) in [4.78, 5) is 0. The van der Waals surface area contributed by atoms with E-state index in [1.54, 1.807) is 0 Å². The first-order valence-corrected chi connectivity index (χ1v) is 5.45. The van der Waals surface area contributed by atoms with E-state index in [0.717, 1.165) is 5.02 Å². The van der Waals surface area contributed by atoms with Crippen LogP contribution in [-0.4, -0.2) is 6.54 Å². The van der Waals surface area contributed by atoms with Crippen LogP contribution in [0.5, 0.6) is 0 Å². The fourth-order valence-corrected chi connectivity index (χ4v) is 1.70. The Balaban J connectivity index is 2.80. The predicted molar refractivity (Wildman–Crippen MR) is 65.9 cm³/mol. The summed E-state index contributed by atoms with van der Waals surface area (Å²) < 4.78 is 0. The molecule has 0 spiro atoms. The van der Waals surface area contributed by atoms with Crippen LogP contribution in [0.3, 0.4) is 0 Å². The summed E-state index contributed by atoms with van der Waals surface area (Å²) in [6.45, 7) is 4.93. The SMILES string of the molecule is C#CCNC(c1ccc(Cl)cc1)C(C)C. The largest absolute Gasteiger partial charge is 0.299 e. The highest BCUT2D eigenvalue weighted by molar-refractivity contribution is 6.30. The van der Waals surface area contributed by atoms with E-state index < -0.39 is 0 Å². The molecule has 0 aliphatic carbocycles. The van der Waals surface area contributed by atoms with Crippen molar-refractivity contribution in [2.24, 2.45) is 5.92 Å². The van der Waals surface area contributed by atoms with Gasteiger partial charge in [0.05, 0.1) is 6.54 Å². The number of terminal acetylenes is 1. The standard InChI is InChI=1S/C13H16ClN/c1-4-9-15-13(10(2)3)11-5-7-12(14)8-6-11/h1,5-8,10,13,15H,9H2,2-3H3. The van der Waals surface area contributed by atoms with E-state index in [1.807, 2.05) is 24.3 Å². The van der Waals surface area contributed by atoms with Crippen molar-refractivity contribution in [3.8, 4) is 12.3 Å². The molecule has 0 aliphatic heterocycles. The number of halogens is 1.